The van der Waals surface area contributed by atoms with Gasteiger partial charge in [0.05, 0.1) is 0 Å². The molecule has 3 aromatic carbocycles. The lowest BCUT2D eigenvalue weighted by Gasteiger charge is -2.03. The summed E-state index contributed by atoms with van der Waals surface area (Å²) in [4.78, 5) is 0. The van der Waals surface area contributed by atoms with E-state index >= 15 is 0 Å². The fourth-order valence-electron chi connectivity index (χ4n) is 2.32. The lowest BCUT2D eigenvalue weighted by Crippen LogP contribution is -1.92. The third-order valence-electron chi connectivity index (χ3n) is 3.68. The van der Waals surface area contributed by atoms with Crippen molar-refractivity contribution in [1.29, 1.82) is 0 Å². The Morgan fingerprint density at radius 1 is 0.583 bits per heavy atom. The van der Waals surface area contributed by atoms with Crippen molar-refractivity contribution in [2.45, 2.75) is 12.8 Å². The molecule has 0 amide bonds. The maximum Gasteiger partial charge on any atom is 0.107 e. The van der Waals surface area contributed by atoms with Crippen molar-refractivity contribution in [2.24, 2.45) is 0 Å². The molecule has 0 N–H and O–H groups in total. The Bertz CT molecular complexity index is 896. The van der Waals surface area contributed by atoms with Crippen molar-refractivity contribution in [2.75, 3.05) is 0 Å². The predicted molar refractivity (Wildman–Crippen MR) is 101 cm³/mol. The summed E-state index contributed by atoms with van der Waals surface area (Å²) in [6.07, 6.45) is 0. The first-order chi connectivity index (χ1) is 11.8. The Kier molecular flexibility index (Phi) is 5.14. The Labute approximate surface area is 144 Å². The third kappa shape index (κ3) is 4.39. The highest BCUT2D eigenvalue weighted by Crippen LogP contribution is 2.14. The molecule has 3 rings (SSSR count). The Hall–Kier alpha value is -3.22. The monoisotopic (exact) mass is 306 g/mol. The molecule has 0 aromatic heterocycles. The number of aryl methyl sites for hydroxylation is 1. The molecule has 0 saturated carbocycles. The molecule has 0 saturated heterocycles. The largest absolute Gasteiger partial charge is 0.107 e. The van der Waals surface area contributed by atoms with Gasteiger partial charge in [-0.3, -0.25) is 0 Å². The van der Waals surface area contributed by atoms with Gasteiger partial charge in [-0.05, 0) is 36.8 Å². The van der Waals surface area contributed by atoms with E-state index in [1.807, 2.05) is 48.5 Å². The second-order valence-electron chi connectivity index (χ2n) is 5.61. The smallest absolute Gasteiger partial charge is 0.0764 e. The van der Waals surface area contributed by atoms with Crippen LogP contribution in [0.5, 0.6) is 0 Å². The third-order valence-corrected chi connectivity index (χ3v) is 3.68. The summed E-state index contributed by atoms with van der Waals surface area (Å²) in [6, 6.07) is 28.5. The van der Waals surface area contributed by atoms with E-state index < -0.39 is 0 Å². The molecule has 114 valence electrons. The van der Waals surface area contributed by atoms with Gasteiger partial charge in [-0.15, -0.1) is 0 Å². The van der Waals surface area contributed by atoms with Crippen LogP contribution in [0.15, 0.2) is 84.9 Å². The number of hydrogen-bond donors (Lipinski definition) is 0. The zero-order valence-electron chi connectivity index (χ0n) is 13.7. The Balaban J connectivity index is 1.92. The number of hydrogen-bond acceptors (Lipinski definition) is 0. The van der Waals surface area contributed by atoms with Crippen LogP contribution in [-0.2, 0) is 0 Å². The Morgan fingerprint density at radius 2 is 1.08 bits per heavy atom. The Morgan fingerprint density at radius 3 is 1.67 bits per heavy atom. The summed E-state index contributed by atoms with van der Waals surface area (Å²) in [5, 5.41) is 0. The molecule has 0 fully saturated rings. The fraction of sp³-hybridized carbons (Fsp3) is 0.0833. The average molecular weight is 306 g/mol. The molecule has 0 heteroatoms. The first-order valence-corrected chi connectivity index (χ1v) is 8.01. The molecule has 1 unspecified atom stereocenters. The molecule has 0 spiro atoms. The summed E-state index contributed by atoms with van der Waals surface area (Å²) >= 11 is 0. The van der Waals surface area contributed by atoms with Crippen LogP contribution in [0.4, 0.5) is 0 Å². The predicted octanol–water partition coefficient (Wildman–Crippen LogP) is 5.18. The summed E-state index contributed by atoms with van der Waals surface area (Å²) < 4.78 is 0. The van der Waals surface area contributed by atoms with Crippen LogP contribution in [0.3, 0.4) is 0 Å². The van der Waals surface area contributed by atoms with Gasteiger partial charge in [0.2, 0.25) is 0 Å². The van der Waals surface area contributed by atoms with Gasteiger partial charge in [0.25, 0.3) is 0 Å². The van der Waals surface area contributed by atoms with Crippen molar-refractivity contribution >= 4 is 0 Å². The van der Waals surface area contributed by atoms with Crippen LogP contribution < -0.4 is 0 Å². The van der Waals surface area contributed by atoms with Crippen LogP contribution in [0.2, 0.25) is 0 Å². The lowest BCUT2D eigenvalue weighted by molar-refractivity contribution is 1.17. The molecule has 0 bridgehead atoms. The van der Waals surface area contributed by atoms with E-state index in [0.29, 0.717) is 0 Å². The van der Waals surface area contributed by atoms with E-state index in [1.165, 1.54) is 5.56 Å². The van der Waals surface area contributed by atoms with E-state index in [-0.39, 0.29) is 5.92 Å². The van der Waals surface area contributed by atoms with Gasteiger partial charge in [-0.25, -0.2) is 0 Å². The highest BCUT2D eigenvalue weighted by Gasteiger charge is 2.03. The molecule has 0 nitrogen and oxygen atoms in total. The summed E-state index contributed by atoms with van der Waals surface area (Å²) in [5.41, 5.74) is 4.39. The molecule has 0 aliphatic heterocycles. The minimum atomic E-state index is -0.104. The van der Waals surface area contributed by atoms with Gasteiger partial charge < -0.3 is 0 Å². The van der Waals surface area contributed by atoms with Crippen molar-refractivity contribution in [3.05, 3.63) is 107 Å². The SMILES string of the molecule is Cc1ccc(C#CC(C#Cc2ccccc2)c2ccccc2)cc1. The van der Waals surface area contributed by atoms with Gasteiger partial charge in [-0.1, -0.05) is 89.9 Å². The summed E-state index contributed by atoms with van der Waals surface area (Å²) in [5.74, 6) is 13.0. The first kappa shape index (κ1) is 15.7. The van der Waals surface area contributed by atoms with Gasteiger partial charge in [-0.2, -0.15) is 0 Å². The normalized spacial score (nSPS) is 10.7. The highest BCUT2D eigenvalue weighted by atomic mass is 14.0. The zero-order chi connectivity index (χ0) is 16.6. The zero-order valence-corrected chi connectivity index (χ0v) is 13.7. The van der Waals surface area contributed by atoms with E-state index in [2.05, 4.69) is 67.0 Å². The standard InChI is InChI=1S/C24H18/c1-20-12-14-22(15-13-20)17-19-24(23-10-6-3-7-11-23)18-16-21-8-4-2-5-9-21/h2-15,24H,1H3. The quantitative estimate of drug-likeness (QED) is 0.543. The van der Waals surface area contributed by atoms with Crippen molar-refractivity contribution in [3.8, 4) is 23.7 Å². The fourth-order valence-corrected chi connectivity index (χ4v) is 2.32. The highest BCUT2D eigenvalue weighted by molar-refractivity contribution is 5.45. The second-order valence-corrected chi connectivity index (χ2v) is 5.61. The van der Waals surface area contributed by atoms with Crippen LogP contribution in [0.25, 0.3) is 0 Å². The maximum absolute atomic E-state index is 3.32. The number of rotatable bonds is 1. The van der Waals surface area contributed by atoms with E-state index in [1.54, 1.807) is 0 Å². The van der Waals surface area contributed by atoms with Gasteiger partial charge in [0.1, 0.15) is 5.92 Å². The van der Waals surface area contributed by atoms with Gasteiger partial charge >= 0.3 is 0 Å². The summed E-state index contributed by atoms with van der Waals surface area (Å²) in [7, 11) is 0. The van der Waals surface area contributed by atoms with Crippen molar-refractivity contribution in [3.63, 3.8) is 0 Å². The molecule has 3 aromatic rings. The number of benzene rings is 3. The maximum atomic E-state index is 3.32. The molecule has 24 heavy (non-hydrogen) atoms. The lowest BCUT2D eigenvalue weighted by atomic mass is 9.99. The molecule has 0 aliphatic rings. The average Bonchev–Trinajstić information content (AvgIpc) is 2.65. The van der Waals surface area contributed by atoms with Crippen molar-refractivity contribution < 1.29 is 0 Å². The van der Waals surface area contributed by atoms with Crippen molar-refractivity contribution in [1.82, 2.24) is 0 Å². The van der Waals surface area contributed by atoms with Crippen LogP contribution in [0.1, 0.15) is 28.2 Å². The molecular formula is C24H18. The van der Waals surface area contributed by atoms with Gasteiger partial charge in [0.15, 0.2) is 0 Å². The van der Waals surface area contributed by atoms with E-state index in [9.17, 15) is 0 Å². The molecule has 0 aliphatic carbocycles. The molecular weight excluding hydrogens is 288 g/mol. The summed E-state index contributed by atoms with van der Waals surface area (Å²) in [6.45, 7) is 2.08. The minimum absolute atomic E-state index is 0.104. The van der Waals surface area contributed by atoms with Crippen LogP contribution in [-0.4, -0.2) is 0 Å². The topological polar surface area (TPSA) is 0 Å². The molecule has 0 radical (unpaired) electrons. The van der Waals surface area contributed by atoms with E-state index in [0.717, 1.165) is 16.7 Å². The van der Waals surface area contributed by atoms with E-state index in [4.69, 9.17) is 0 Å². The molecule has 0 heterocycles. The minimum Gasteiger partial charge on any atom is -0.0764 e. The van der Waals surface area contributed by atoms with Crippen LogP contribution >= 0.6 is 0 Å². The molecule has 1 atom stereocenters. The first-order valence-electron chi connectivity index (χ1n) is 8.01. The van der Waals surface area contributed by atoms with Crippen LogP contribution in [0, 0.1) is 30.6 Å². The van der Waals surface area contributed by atoms with Gasteiger partial charge in [0, 0.05) is 11.1 Å². The second kappa shape index (κ2) is 7.87.